The second kappa shape index (κ2) is 6.05. The van der Waals surface area contributed by atoms with Crippen molar-refractivity contribution in [2.24, 2.45) is 0 Å². The number of amides is 1. The first-order valence-electron chi connectivity index (χ1n) is 8.05. The molecule has 0 saturated carbocycles. The smallest absolute Gasteiger partial charge is 0.253 e. The van der Waals surface area contributed by atoms with E-state index < -0.39 is 5.54 Å². The highest BCUT2D eigenvalue weighted by Gasteiger charge is 2.40. The summed E-state index contributed by atoms with van der Waals surface area (Å²) < 4.78 is 10.4. The standard InChI is InChI=1S/C16H19N3O3S/c20-14(12-9-23-13-4-2-1-3-11(12)13)18-16(5-7-21-8-6-16)15-17-10-22-19-15/h9-10H,1-8H2,(H,18,20). The van der Waals surface area contributed by atoms with Gasteiger partial charge in [0, 0.05) is 36.3 Å². The third-order valence-corrected chi connectivity index (χ3v) is 5.88. The molecule has 23 heavy (non-hydrogen) atoms. The van der Waals surface area contributed by atoms with E-state index >= 15 is 0 Å². The van der Waals surface area contributed by atoms with Crippen LogP contribution in [0.1, 0.15) is 52.3 Å². The number of hydrogen-bond donors (Lipinski definition) is 1. The second-order valence-corrected chi connectivity index (χ2v) is 7.13. The zero-order chi connectivity index (χ0) is 15.7. The van der Waals surface area contributed by atoms with Crippen LogP contribution in [0.5, 0.6) is 0 Å². The van der Waals surface area contributed by atoms with Crippen molar-refractivity contribution in [3.8, 4) is 0 Å². The van der Waals surface area contributed by atoms with E-state index in [1.54, 1.807) is 11.3 Å². The summed E-state index contributed by atoms with van der Waals surface area (Å²) in [5.41, 5.74) is 1.46. The van der Waals surface area contributed by atoms with E-state index in [9.17, 15) is 4.79 Å². The minimum Gasteiger partial charge on any atom is -0.381 e. The van der Waals surface area contributed by atoms with Crippen LogP contribution in [0.2, 0.25) is 0 Å². The molecule has 0 bridgehead atoms. The molecular weight excluding hydrogens is 314 g/mol. The highest BCUT2D eigenvalue weighted by molar-refractivity contribution is 7.10. The molecule has 2 aliphatic rings. The van der Waals surface area contributed by atoms with Crippen LogP contribution in [0.15, 0.2) is 16.3 Å². The van der Waals surface area contributed by atoms with Gasteiger partial charge in [-0.15, -0.1) is 11.3 Å². The van der Waals surface area contributed by atoms with Crippen LogP contribution < -0.4 is 5.32 Å². The Labute approximate surface area is 138 Å². The normalized spacial score (nSPS) is 20.0. The Balaban J connectivity index is 1.62. The predicted molar refractivity (Wildman–Crippen MR) is 84.5 cm³/mol. The van der Waals surface area contributed by atoms with Crippen LogP contribution >= 0.6 is 11.3 Å². The lowest BCUT2D eigenvalue weighted by Crippen LogP contribution is -2.50. The van der Waals surface area contributed by atoms with Gasteiger partial charge in [0.05, 0.1) is 5.56 Å². The maximum Gasteiger partial charge on any atom is 0.253 e. The highest BCUT2D eigenvalue weighted by atomic mass is 32.1. The Morgan fingerprint density at radius 1 is 1.26 bits per heavy atom. The summed E-state index contributed by atoms with van der Waals surface area (Å²) in [6.45, 7) is 1.16. The number of fused-ring (bicyclic) bond motifs is 1. The lowest BCUT2D eigenvalue weighted by Gasteiger charge is -2.35. The molecule has 6 nitrogen and oxygen atoms in total. The minimum absolute atomic E-state index is 0.0314. The van der Waals surface area contributed by atoms with Crippen molar-refractivity contribution in [3.63, 3.8) is 0 Å². The van der Waals surface area contributed by atoms with Crippen LogP contribution in [-0.2, 0) is 23.1 Å². The first-order chi connectivity index (χ1) is 11.3. The fourth-order valence-corrected chi connectivity index (χ4v) is 4.60. The van der Waals surface area contributed by atoms with Crippen LogP contribution in [0, 0.1) is 0 Å². The molecule has 2 aromatic rings. The van der Waals surface area contributed by atoms with Gasteiger partial charge in [-0.05, 0) is 31.2 Å². The minimum atomic E-state index is -0.591. The van der Waals surface area contributed by atoms with E-state index in [0.717, 1.165) is 24.8 Å². The second-order valence-electron chi connectivity index (χ2n) is 6.16. The summed E-state index contributed by atoms with van der Waals surface area (Å²) >= 11 is 1.70. The van der Waals surface area contributed by atoms with Gasteiger partial charge in [0.25, 0.3) is 5.91 Å². The third-order valence-electron chi connectivity index (χ3n) is 4.79. The highest BCUT2D eigenvalue weighted by Crippen LogP contribution is 2.33. The predicted octanol–water partition coefficient (Wildman–Crippen LogP) is 2.45. The molecule has 0 spiro atoms. The summed E-state index contributed by atoms with van der Waals surface area (Å²) in [7, 11) is 0. The lowest BCUT2D eigenvalue weighted by molar-refractivity contribution is 0.0305. The quantitative estimate of drug-likeness (QED) is 0.933. The topological polar surface area (TPSA) is 77.3 Å². The van der Waals surface area contributed by atoms with Crippen molar-refractivity contribution >= 4 is 17.2 Å². The average molecular weight is 333 g/mol. The number of aryl methyl sites for hydroxylation is 1. The molecule has 0 aromatic carbocycles. The largest absolute Gasteiger partial charge is 0.381 e. The summed E-state index contributed by atoms with van der Waals surface area (Å²) in [6, 6.07) is 0. The van der Waals surface area contributed by atoms with Crippen molar-refractivity contribution < 1.29 is 14.1 Å². The van der Waals surface area contributed by atoms with Crippen molar-refractivity contribution in [2.75, 3.05) is 13.2 Å². The number of hydrogen-bond acceptors (Lipinski definition) is 6. The molecule has 7 heteroatoms. The SMILES string of the molecule is O=C(NC1(c2ncon2)CCOCC1)c1csc2c1CCCC2. The lowest BCUT2D eigenvalue weighted by atomic mass is 9.88. The van der Waals surface area contributed by atoms with Gasteiger partial charge < -0.3 is 14.6 Å². The van der Waals surface area contributed by atoms with Gasteiger partial charge in [-0.2, -0.15) is 4.98 Å². The van der Waals surface area contributed by atoms with Gasteiger partial charge in [-0.3, -0.25) is 4.79 Å². The zero-order valence-electron chi connectivity index (χ0n) is 12.8. The molecule has 1 fully saturated rings. The van der Waals surface area contributed by atoms with Gasteiger partial charge in [-0.25, -0.2) is 0 Å². The molecule has 0 radical (unpaired) electrons. The van der Waals surface area contributed by atoms with Crippen molar-refractivity contribution in [2.45, 2.75) is 44.1 Å². The van der Waals surface area contributed by atoms with Gasteiger partial charge in [0.15, 0.2) is 5.82 Å². The van der Waals surface area contributed by atoms with Crippen LogP contribution in [0.4, 0.5) is 0 Å². The maximum atomic E-state index is 12.9. The zero-order valence-corrected chi connectivity index (χ0v) is 13.7. The van der Waals surface area contributed by atoms with Crippen LogP contribution in [0.3, 0.4) is 0 Å². The Bertz CT molecular complexity index is 689. The molecule has 0 unspecified atom stereocenters. The fourth-order valence-electron chi connectivity index (χ4n) is 3.47. The van der Waals surface area contributed by atoms with Gasteiger partial charge in [0.1, 0.15) is 5.54 Å². The number of nitrogens with one attached hydrogen (secondary N) is 1. The van der Waals surface area contributed by atoms with Crippen molar-refractivity contribution in [1.82, 2.24) is 15.5 Å². The number of thiophene rings is 1. The monoisotopic (exact) mass is 333 g/mol. The Kier molecular flexibility index (Phi) is 3.90. The summed E-state index contributed by atoms with van der Waals surface area (Å²) in [5, 5.41) is 9.16. The first-order valence-corrected chi connectivity index (χ1v) is 8.93. The van der Waals surface area contributed by atoms with Crippen molar-refractivity contribution in [1.29, 1.82) is 0 Å². The van der Waals surface area contributed by atoms with Gasteiger partial charge in [-0.1, -0.05) is 5.16 Å². The maximum absolute atomic E-state index is 12.9. The van der Waals surface area contributed by atoms with Gasteiger partial charge >= 0.3 is 0 Å². The van der Waals surface area contributed by atoms with Crippen LogP contribution in [0.25, 0.3) is 0 Å². The number of ether oxygens (including phenoxy) is 1. The van der Waals surface area contributed by atoms with E-state index in [4.69, 9.17) is 9.26 Å². The molecule has 1 amide bonds. The molecule has 2 aromatic heterocycles. The van der Waals surface area contributed by atoms with E-state index in [0.29, 0.717) is 31.9 Å². The van der Waals surface area contributed by atoms with Gasteiger partial charge in [0.2, 0.25) is 6.39 Å². The third kappa shape index (κ3) is 2.68. The molecule has 122 valence electrons. The molecular formula is C16H19N3O3S. The van der Waals surface area contributed by atoms with E-state index in [1.807, 2.05) is 5.38 Å². The number of rotatable bonds is 3. The Morgan fingerprint density at radius 2 is 2.09 bits per heavy atom. The van der Waals surface area contributed by atoms with E-state index in [2.05, 4.69) is 15.5 Å². The van der Waals surface area contributed by atoms with E-state index in [-0.39, 0.29) is 5.91 Å². The average Bonchev–Trinajstić information content (AvgIpc) is 3.26. The number of nitrogens with zero attached hydrogens (tertiary/aromatic N) is 2. The van der Waals surface area contributed by atoms with E-state index in [1.165, 1.54) is 23.3 Å². The molecule has 1 aliphatic heterocycles. The van der Waals surface area contributed by atoms with Crippen LogP contribution in [-0.4, -0.2) is 29.3 Å². The summed E-state index contributed by atoms with van der Waals surface area (Å²) in [5.74, 6) is 0.509. The molecule has 1 aliphatic carbocycles. The molecule has 3 heterocycles. The summed E-state index contributed by atoms with van der Waals surface area (Å²) in [4.78, 5) is 18.5. The number of carbonyl (C=O) groups excluding carboxylic acids is 1. The number of aromatic nitrogens is 2. The molecule has 1 saturated heterocycles. The van der Waals surface area contributed by atoms with Crippen molar-refractivity contribution in [3.05, 3.63) is 33.6 Å². The Morgan fingerprint density at radius 3 is 2.87 bits per heavy atom. The Hall–Kier alpha value is -1.73. The summed E-state index contributed by atoms with van der Waals surface area (Å²) in [6.07, 6.45) is 7.10. The first kappa shape index (κ1) is 14.8. The molecule has 0 atom stereocenters. The number of carbonyl (C=O) groups is 1. The fraction of sp³-hybridized carbons (Fsp3) is 0.562. The molecule has 4 rings (SSSR count). The molecule has 1 N–H and O–H groups in total.